The van der Waals surface area contributed by atoms with Gasteiger partial charge in [-0.05, 0) is 42.9 Å². The summed E-state index contributed by atoms with van der Waals surface area (Å²) in [5, 5.41) is 4.13. The second-order valence-corrected chi connectivity index (χ2v) is 6.99. The van der Waals surface area contributed by atoms with Gasteiger partial charge in [-0.1, -0.05) is 25.0 Å². The maximum atomic E-state index is 5.90. The Labute approximate surface area is 120 Å². The fourth-order valence-electron chi connectivity index (χ4n) is 2.96. The van der Waals surface area contributed by atoms with Gasteiger partial charge in [-0.15, -0.1) is 11.8 Å². The van der Waals surface area contributed by atoms with Crippen molar-refractivity contribution in [3.63, 3.8) is 0 Å². The van der Waals surface area contributed by atoms with E-state index in [1.54, 1.807) is 0 Å². The van der Waals surface area contributed by atoms with Gasteiger partial charge in [0.05, 0.1) is 6.61 Å². The normalized spacial score (nSPS) is 23.9. The molecule has 0 radical (unpaired) electrons. The standard InChI is InChI=1S/C16H23NOS/c1-2-4-14(3-1)11-18-15-7-5-13(6-8-15)9-16-10-17-12-19-16/h5-8,14,16-17H,1-4,9-12H2. The van der Waals surface area contributed by atoms with Gasteiger partial charge in [0.2, 0.25) is 0 Å². The summed E-state index contributed by atoms with van der Waals surface area (Å²) < 4.78 is 5.90. The molecule has 1 aliphatic carbocycles. The lowest BCUT2D eigenvalue weighted by molar-refractivity contribution is 0.252. The molecule has 1 heterocycles. The van der Waals surface area contributed by atoms with Crippen LogP contribution in [0.4, 0.5) is 0 Å². The fourth-order valence-corrected chi connectivity index (χ4v) is 3.98. The minimum atomic E-state index is 0.741. The number of hydrogen-bond donors (Lipinski definition) is 1. The Balaban J connectivity index is 1.47. The van der Waals surface area contributed by atoms with Gasteiger partial charge in [0.25, 0.3) is 0 Å². The van der Waals surface area contributed by atoms with Crippen molar-refractivity contribution in [1.29, 1.82) is 0 Å². The third-order valence-electron chi connectivity index (χ3n) is 4.14. The van der Waals surface area contributed by atoms with Crippen LogP contribution >= 0.6 is 11.8 Å². The molecule has 19 heavy (non-hydrogen) atoms. The number of rotatable bonds is 5. The summed E-state index contributed by atoms with van der Waals surface area (Å²) in [6.45, 7) is 2.05. The lowest BCUT2D eigenvalue weighted by Crippen LogP contribution is -2.14. The highest BCUT2D eigenvalue weighted by Gasteiger charge is 2.16. The Morgan fingerprint density at radius 2 is 1.95 bits per heavy atom. The van der Waals surface area contributed by atoms with E-state index < -0.39 is 0 Å². The van der Waals surface area contributed by atoms with Gasteiger partial charge in [-0.2, -0.15) is 0 Å². The monoisotopic (exact) mass is 277 g/mol. The molecule has 2 aliphatic rings. The third-order valence-corrected chi connectivity index (χ3v) is 5.32. The number of hydrogen-bond acceptors (Lipinski definition) is 3. The first kappa shape index (κ1) is 13.3. The zero-order valence-corrected chi connectivity index (χ0v) is 12.3. The van der Waals surface area contributed by atoms with Gasteiger partial charge in [-0.25, -0.2) is 0 Å². The summed E-state index contributed by atoms with van der Waals surface area (Å²) >= 11 is 2.03. The highest BCUT2D eigenvalue weighted by molar-refractivity contribution is 8.00. The van der Waals surface area contributed by atoms with Crippen LogP contribution in [0.5, 0.6) is 5.75 Å². The Hall–Kier alpha value is -0.670. The molecular formula is C16H23NOS. The SMILES string of the molecule is c1cc(OCC2CCCC2)ccc1CC1CNCS1. The molecule has 0 amide bonds. The van der Waals surface area contributed by atoms with Crippen LogP contribution in [0, 0.1) is 5.92 Å². The van der Waals surface area contributed by atoms with Crippen molar-refractivity contribution in [3.8, 4) is 5.75 Å². The van der Waals surface area contributed by atoms with E-state index in [1.807, 2.05) is 11.8 Å². The third kappa shape index (κ3) is 3.90. The minimum Gasteiger partial charge on any atom is -0.493 e. The van der Waals surface area contributed by atoms with Gasteiger partial charge in [0.15, 0.2) is 0 Å². The van der Waals surface area contributed by atoms with Crippen LogP contribution in [-0.2, 0) is 6.42 Å². The van der Waals surface area contributed by atoms with Gasteiger partial charge in [-0.3, -0.25) is 0 Å². The molecule has 3 rings (SSSR count). The summed E-state index contributed by atoms with van der Waals surface area (Å²) in [4.78, 5) is 0. The molecular weight excluding hydrogens is 254 g/mol. The largest absolute Gasteiger partial charge is 0.493 e. The molecule has 1 unspecified atom stereocenters. The van der Waals surface area contributed by atoms with E-state index in [0.717, 1.165) is 35.9 Å². The van der Waals surface area contributed by atoms with Crippen LogP contribution in [0.3, 0.4) is 0 Å². The Bertz CT molecular complexity index is 380. The quantitative estimate of drug-likeness (QED) is 0.890. The van der Waals surface area contributed by atoms with Gasteiger partial charge in [0.1, 0.15) is 5.75 Å². The first-order valence-electron chi connectivity index (χ1n) is 7.44. The molecule has 1 aromatic carbocycles. The van der Waals surface area contributed by atoms with Crippen LogP contribution in [0.15, 0.2) is 24.3 Å². The maximum Gasteiger partial charge on any atom is 0.119 e. The predicted molar refractivity (Wildman–Crippen MR) is 81.8 cm³/mol. The van der Waals surface area contributed by atoms with Crippen LogP contribution in [0.25, 0.3) is 0 Å². The Kier molecular flexibility index (Phi) is 4.67. The van der Waals surface area contributed by atoms with Crippen molar-refractivity contribution >= 4 is 11.8 Å². The van der Waals surface area contributed by atoms with Crippen molar-refractivity contribution in [3.05, 3.63) is 29.8 Å². The second kappa shape index (κ2) is 6.67. The molecule has 2 fully saturated rings. The first-order chi connectivity index (χ1) is 9.40. The smallest absolute Gasteiger partial charge is 0.119 e. The van der Waals surface area contributed by atoms with Crippen LogP contribution < -0.4 is 10.1 Å². The fraction of sp³-hybridized carbons (Fsp3) is 0.625. The number of ether oxygens (including phenoxy) is 1. The number of nitrogens with one attached hydrogen (secondary N) is 1. The topological polar surface area (TPSA) is 21.3 Å². The summed E-state index contributed by atoms with van der Waals surface area (Å²) in [6, 6.07) is 8.72. The maximum absolute atomic E-state index is 5.90. The summed E-state index contributed by atoms with van der Waals surface area (Å²) in [6.07, 6.45) is 6.65. The molecule has 1 atom stereocenters. The van der Waals surface area contributed by atoms with Gasteiger partial charge < -0.3 is 10.1 Å². The summed E-state index contributed by atoms with van der Waals surface area (Å²) in [5.74, 6) is 2.93. The van der Waals surface area contributed by atoms with Crippen molar-refractivity contribution in [2.75, 3.05) is 19.0 Å². The van der Waals surface area contributed by atoms with E-state index in [1.165, 1.54) is 37.7 Å². The molecule has 1 N–H and O–H groups in total. The minimum absolute atomic E-state index is 0.741. The number of thioether (sulfide) groups is 1. The highest BCUT2D eigenvalue weighted by atomic mass is 32.2. The highest BCUT2D eigenvalue weighted by Crippen LogP contribution is 2.26. The molecule has 0 aromatic heterocycles. The van der Waals surface area contributed by atoms with Crippen molar-refractivity contribution in [2.45, 2.75) is 37.4 Å². The first-order valence-corrected chi connectivity index (χ1v) is 8.49. The number of benzene rings is 1. The average Bonchev–Trinajstić information content (AvgIpc) is 3.11. The molecule has 104 valence electrons. The summed E-state index contributed by atoms with van der Waals surface area (Å²) in [5.41, 5.74) is 1.43. The van der Waals surface area contributed by atoms with Crippen molar-refractivity contribution in [1.82, 2.24) is 5.32 Å². The predicted octanol–water partition coefficient (Wildman–Crippen LogP) is 3.46. The average molecular weight is 277 g/mol. The van der Waals surface area contributed by atoms with Crippen molar-refractivity contribution < 1.29 is 4.74 Å². The van der Waals surface area contributed by atoms with Crippen LogP contribution in [0.1, 0.15) is 31.2 Å². The van der Waals surface area contributed by atoms with Crippen LogP contribution in [-0.4, -0.2) is 24.3 Å². The zero-order valence-electron chi connectivity index (χ0n) is 11.4. The van der Waals surface area contributed by atoms with E-state index in [4.69, 9.17) is 4.74 Å². The van der Waals surface area contributed by atoms with Crippen molar-refractivity contribution in [2.24, 2.45) is 5.92 Å². The summed E-state index contributed by atoms with van der Waals surface area (Å²) in [7, 11) is 0. The van der Waals surface area contributed by atoms with E-state index in [-0.39, 0.29) is 0 Å². The van der Waals surface area contributed by atoms with E-state index in [0.29, 0.717) is 0 Å². The lowest BCUT2D eigenvalue weighted by atomic mass is 10.1. The molecule has 0 spiro atoms. The van der Waals surface area contributed by atoms with Gasteiger partial charge >= 0.3 is 0 Å². The molecule has 1 aliphatic heterocycles. The zero-order chi connectivity index (χ0) is 12.9. The second-order valence-electron chi connectivity index (χ2n) is 5.70. The Morgan fingerprint density at radius 3 is 2.63 bits per heavy atom. The Morgan fingerprint density at radius 1 is 1.16 bits per heavy atom. The van der Waals surface area contributed by atoms with E-state index in [9.17, 15) is 0 Å². The molecule has 1 saturated carbocycles. The molecule has 1 aromatic rings. The lowest BCUT2D eigenvalue weighted by Gasteiger charge is -2.12. The molecule has 1 saturated heterocycles. The van der Waals surface area contributed by atoms with E-state index >= 15 is 0 Å². The van der Waals surface area contributed by atoms with Crippen LogP contribution in [0.2, 0.25) is 0 Å². The molecule has 2 nitrogen and oxygen atoms in total. The molecule has 3 heteroatoms. The molecule has 0 bridgehead atoms. The van der Waals surface area contributed by atoms with Gasteiger partial charge in [0, 0.05) is 17.7 Å². The van der Waals surface area contributed by atoms with E-state index in [2.05, 4.69) is 29.6 Å².